The van der Waals surface area contributed by atoms with Crippen LogP contribution < -0.4 is 5.32 Å². The van der Waals surface area contributed by atoms with Crippen LogP contribution in [-0.4, -0.2) is 26.8 Å². The van der Waals surface area contributed by atoms with E-state index in [1.54, 1.807) is 19.3 Å². The Bertz CT molecular complexity index is 867. The molecule has 1 aromatic carbocycles. The summed E-state index contributed by atoms with van der Waals surface area (Å²) in [6, 6.07) is 3.64. The summed E-state index contributed by atoms with van der Waals surface area (Å²) >= 11 is 0. The summed E-state index contributed by atoms with van der Waals surface area (Å²) in [6.45, 7) is 3.00. The number of nitrogens with one attached hydrogen (secondary N) is 1. The van der Waals surface area contributed by atoms with Gasteiger partial charge >= 0.3 is 12.2 Å². The van der Waals surface area contributed by atoms with Crippen molar-refractivity contribution >= 4 is 11.9 Å². The molecule has 0 spiro atoms. The smallest absolute Gasteiger partial charge is 0.319 e. The molecular formula is C17H15F3N4O2. The highest BCUT2D eigenvalue weighted by Gasteiger charge is 2.49. The van der Waals surface area contributed by atoms with Gasteiger partial charge < -0.3 is 5.32 Å². The van der Waals surface area contributed by atoms with E-state index in [1.165, 1.54) is 19.1 Å². The number of amides is 3. The quantitative estimate of drug-likeness (QED) is 0.850. The van der Waals surface area contributed by atoms with Crippen LogP contribution in [-0.2, 0) is 23.1 Å². The van der Waals surface area contributed by atoms with E-state index in [0.717, 1.165) is 22.6 Å². The normalized spacial score (nSPS) is 20.4. The zero-order chi connectivity index (χ0) is 19.1. The van der Waals surface area contributed by atoms with Crippen molar-refractivity contribution in [3.8, 4) is 0 Å². The minimum absolute atomic E-state index is 0.0537. The Morgan fingerprint density at radius 1 is 1.19 bits per heavy atom. The highest BCUT2D eigenvalue weighted by atomic mass is 19.4. The number of benzene rings is 1. The van der Waals surface area contributed by atoms with Gasteiger partial charge in [0.05, 0.1) is 12.1 Å². The Morgan fingerprint density at radius 2 is 1.85 bits per heavy atom. The third-order valence-corrected chi connectivity index (χ3v) is 4.18. The number of imide groups is 1. The minimum Gasteiger partial charge on any atom is -0.319 e. The van der Waals surface area contributed by atoms with Gasteiger partial charge in [0.25, 0.3) is 5.91 Å². The number of rotatable bonds is 3. The van der Waals surface area contributed by atoms with Gasteiger partial charge in [-0.1, -0.05) is 12.1 Å². The summed E-state index contributed by atoms with van der Waals surface area (Å²) in [6.07, 6.45) is -1.45. The molecule has 1 atom stereocenters. The van der Waals surface area contributed by atoms with Crippen LogP contribution in [0.4, 0.5) is 18.0 Å². The van der Waals surface area contributed by atoms with Gasteiger partial charge in [-0.15, -0.1) is 0 Å². The molecule has 0 bridgehead atoms. The van der Waals surface area contributed by atoms with Crippen molar-refractivity contribution in [1.29, 1.82) is 0 Å². The minimum atomic E-state index is -4.55. The second-order valence-corrected chi connectivity index (χ2v) is 6.20. The molecule has 1 saturated heterocycles. The molecule has 0 radical (unpaired) electrons. The zero-order valence-electron chi connectivity index (χ0n) is 14.0. The van der Waals surface area contributed by atoms with Crippen molar-refractivity contribution in [2.75, 3.05) is 0 Å². The van der Waals surface area contributed by atoms with Crippen LogP contribution >= 0.6 is 0 Å². The number of nitrogens with zero attached hydrogens (tertiary/aromatic N) is 3. The number of urea groups is 1. The SMILES string of the molecule is Cc1cnc(CN2C(=O)NC(C)(c3cccc(C(F)(F)F)c3)C2=O)nc1. The number of halogens is 3. The van der Waals surface area contributed by atoms with Crippen LogP contribution in [0.1, 0.15) is 29.4 Å². The Balaban J connectivity index is 1.91. The second kappa shape index (κ2) is 6.08. The average Bonchev–Trinajstić information content (AvgIpc) is 2.80. The lowest BCUT2D eigenvalue weighted by molar-refractivity contribution is -0.138. The third-order valence-electron chi connectivity index (χ3n) is 4.18. The molecule has 3 amide bonds. The first-order valence-corrected chi connectivity index (χ1v) is 7.70. The molecule has 0 aliphatic carbocycles. The molecule has 2 heterocycles. The van der Waals surface area contributed by atoms with E-state index in [-0.39, 0.29) is 17.9 Å². The number of aromatic nitrogens is 2. The van der Waals surface area contributed by atoms with Gasteiger partial charge in [-0.05, 0) is 37.1 Å². The number of aryl methyl sites for hydroxylation is 1. The number of carbonyl (C=O) groups is 2. The molecule has 9 heteroatoms. The highest BCUT2D eigenvalue weighted by Crippen LogP contribution is 2.34. The molecule has 3 rings (SSSR count). The number of hydrogen-bond acceptors (Lipinski definition) is 4. The number of hydrogen-bond donors (Lipinski definition) is 1. The van der Waals surface area contributed by atoms with Crippen LogP contribution in [0.2, 0.25) is 0 Å². The lowest BCUT2D eigenvalue weighted by Gasteiger charge is -2.23. The highest BCUT2D eigenvalue weighted by molar-refractivity contribution is 6.07. The van der Waals surface area contributed by atoms with Gasteiger partial charge in [0.15, 0.2) is 0 Å². The first-order chi connectivity index (χ1) is 12.1. The van der Waals surface area contributed by atoms with Crippen LogP contribution in [0, 0.1) is 6.92 Å². The second-order valence-electron chi connectivity index (χ2n) is 6.20. The van der Waals surface area contributed by atoms with Crippen LogP contribution in [0.25, 0.3) is 0 Å². The molecule has 26 heavy (non-hydrogen) atoms. The van der Waals surface area contributed by atoms with E-state index in [1.807, 2.05) is 0 Å². The first kappa shape index (κ1) is 17.8. The van der Waals surface area contributed by atoms with Gasteiger partial charge in [0.1, 0.15) is 11.4 Å². The Morgan fingerprint density at radius 3 is 2.46 bits per heavy atom. The topological polar surface area (TPSA) is 75.2 Å². The molecule has 1 aliphatic rings. The number of carbonyl (C=O) groups excluding carboxylic acids is 2. The lowest BCUT2D eigenvalue weighted by Crippen LogP contribution is -2.41. The van der Waals surface area contributed by atoms with Crippen LogP contribution in [0.3, 0.4) is 0 Å². The summed E-state index contributed by atoms with van der Waals surface area (Å²) in [5, 5.41) is 2.47. The van der Waals surface area contributed by atoms with E-state index in [4.69, 9.17) is 0 Å². The maximum absolute atomic E-state index is 13.0. The van der Waals surface area contributed by atoms with Gasteiger partial charge in [-0.3, -0.25) is 9.69 Å². The molecular weight excluding hydrogens is 349 g/mol. The van der Waals surface area contributed by atoms with Crippen molar-refractivity contribution < 1.29 is 22.8 Å². The molecule has 1 unspecified atom stereocenters. The predicted molar refractivity (Wildman–Crippen MR) is 84.6 cm³/mol. The van der Waals surface area contributed by atoms with E-state index < -0.39 is 29.2 Å². The molecule has 1 aliphatic heterocycles. The monoisotopic (exact) mass is 364 g/mol. The molecule has 2 aromatic rings. The fourth-order valence-electron chi connectivity index (χ4n) is 2.69. The zero-order valence-corrected chi connectivity index (χ0v) is 14.0. The largest absolute Gasteiger partial charge is 0.416 e. The lowest BCUT2D eigenvalue weighted by atomic mass is 9.90. The Kier molecular flexibility index (Phi) is 4.17. The van der Waals surface area contributed by atoms with Crippen LogP contribution in [0.5, 0.6) is 0 Å². The van der Waals surface area contributed by atoms with E-state index >= 15 is 0 Å². The molecule has 136 valence electrons. The summed E-state index contributed by atoms with van der Waals surface area (Å²) in [4.78, 5) is 34.0. The van der Waals surface area contributed by atoms with Crippen molar-refractivity contribution in [2.45, 2.75) is 32.1 Å². The number of alkyl halides is 3. The third kappa shape index (κ3) is 3.12. The van der Waals surface area contributed by atoms with Gasteiger partial charge in [0.2, 0.25) is 0 Å². The Hall–Kier alpha value is -2.97. The van der Waals surface area contributed by atoms with Gasteiger partial charge in [-0.2, -0.15) is 13.2 Å². The van der Waals surface area contributed by atoms with E-state index in [2.05, 4.69) is 15.3 Å². The molecule has 1 aromatic heterocycles. The molecule has 1 N–H and O–H groups in total. The van der Waals surface area contributed by atoms with Crippen molar-refractivity contribution in [3.63, 3.8) is 0 Å². The standard InChI is InChI=1S/C17H15F3N4O2/c1-10-7-21-13(22-8-10)9-24-14(25)16(2,23-15(24)26)11-4-3-5-12(6-11)17(18,19)20/h3-8H,9H2,1-2H3,(H,23,26). The summed E-state index contributed by atoms with van der Waals surface area (Å²) in [7, 11) is 0. The van der Waals surface area contributed by atoms with Gasteiger partial charge in [0, 0.05) is 12.4 Å². The van der Waals surface area contributed by atoms with E-state index in [9.17, 15) is 22.8 Å². The first-order valence-electron chi connectivity index (χ1n) is 7.70. The average molecular weight is 364 g/mol. The fraction of sp³-hybridized carbons (Fsp3) is 0.294. The maximum Gasteiger partial charge on any atom is 0.416 e. The Labute approximate surface area is 147 Å². The molecule has 1 fully saturated rings. The molecule has 0 saturated carbocycles. The van der Waals surface area contributed by atoms with Crippen molar-refractivity contribution in [2.24, 2.45) is 0 Å². The summed E-state index contributed by atoms with van der Waals surface area (Å²) in [5.74, 6) is -0.404. The van der Waals surface area contributed by atoms with E-state index in [0.29, 0.717) is 0 Å². The summed E-state index contributed by atoms with van der Waals surface area (Å²) < 4.78 is 38.9. The molecule has 6 nitrogen and oxygen atoms in total. The van der Waals surface area contributed by atoms with Crippen LogP contribution in [0.15, 0.2) is 36.7 Å². The van der Waals surface area contributed by atoms with Gasteiger partial charge in [-0.25, -0.2) is 14.8 Å². The predicted octanol–water partition coefficient (Wildman–Crippen LogP) is 2.77. The van der Waals surface area contributed by atoms with Crippen molar-refractivity contribution in [3.05, 3.63) is 59.2 Å². The van der Waals surface area contributed by atoms with Crippen molar-refractivity contribution in [1.82, 2.24) is 20.2 Å². The maximum atomic E-state index is 13.0. The fourth-order valence-corrected chi connectivity index (χ4v) is 2.69. The summed E-state index contributed by atoms with van der Waals surface area (Å²) in [5.41, 5.74) is -1.61.